The van der Waals surface area contributed by atoms with Gasteiger partial charge in [0.05, 0.1) is 40.1 Å². The third-order valence-corrected chi connectivity index (χ3v) is 5.16. The van der Waals surface area contributed by atoms with Crippen LogP contribution in [0.15, 0.2) is 36.4 Å². The van der Waals surface area contributed by atoms with Gasteiger partial charge in [-0.1, -0.05) is 0 Å². The summed E-state index contributed by atoms with van der Waals surface area (Å²) in [5, 5.41) is 2.75. The molecule has 1 atom stereocenters. The van der Waals surface area contributed by atoms with E-state index in [2.05, 4.69) is 5.32 Å². The van der Waals surface area contributed by atoms with E-state index in [4.69, 9.17) is 28.4 Å². The average molecular weight is 456 g/mol. The summed E-state index contributed by atoms with van der Waals surface area (Å²) in [6.07, 6.45) is 2.04. The lowest BCUT2D eigenvalue weighted by Crippen LogP contribution is -2.33. The van der Waals surface area contributed by atoms with E-state index in [1.165, 1.54) is 32.3 Å². The second-order valence-electron chi connectivity index (χ2n) is 7.19. The van der Waals surface area contributed by atoms with Crippen LogP contribution in [0.2, 0.25) is 0 Å². The van der Waals surface area contributed by atoms with Gasteiger partial charge in [-0.25, -0.2) is 4.79 Å². The van der Waals surface area contributed by atoms with Gasteiger partial charge in [0.2, 0.25) is 18.4 Å². The van der Waals surface area contributed by atoms with Gasteiger partial charge in [-0.05, 0) is 35.9 Å². The summed E-state index contributed by atoms with van der Waals surface area (Å²) in [5.74, 6) is 2.32. The fourth-order valence-electron chi connectivity index (χ4n) is 3.53. The van der Waals surface area contributed by atoms with Gasteiger partial charge in [-0.2, -0.15) is 0 Å². The lowest BCUT2D eigenvalue weighted by Gasteiger charge is -2.13. The van der Waals surface area contributed by atoms with Crippen molar-refractivity contribution < 1.29 is 38.0 Å². The van der Waals surface area contributed by atoms with E-state index in [1.54, 1.807) is 36.4 Å². The number of fused-ring (bicyclic) bond motifs is 1. The Kier molecular flexibility index (Phi) is 6.43. The topological polar surface area (TPSA) is 105 Å². The number of ether oxygens (including phenoxy) is 6. The molecule has 4 rings (SSSR count). The number of anilines is 1. The van der Waals surface area contributed by atoms with Crippen LogP contribution < -0.4 is 33.9 Å². The molecule has 1 saturated heterocycles. The number of methoxy groups -OCH3 is 3. The first kappa shape index (κ1) is 22.1. The van der Waals surface area contributed by atoms with Gasteiger partial charge >= 0.3 is 6.09 Å². The standard InChI is InChI=1S/C23H24N2O8/c1-28-19-8-14(9-20(29-2)22(19)30-3)4-7-21(26)24-11-16-12-25(23(27)33-16)15-5-6-17-18(10-15)32-13-31-17/h4-10,16H,11-13H2,1-3H3,(H,24,26)/b7-4+/t16-/m0/s1. The Hall–Kier alpha value is -4.08. The Balaban J connectivity index is 1.34. The fraction of sp³-hybridized carbons (Fsp3) is 0.304. The van der Waals surface area contributed by atoms with Crippen molar-refractivity contribution in [3.63, 3.8) is 0 Å². The predicted octanol–water partition coefficient (Wildman–Crippen LogP) is 2.60. The summed E-state index contributed by atoms with van der Waals surface area (Å²) < 4.78 is 31.9. The number of carbonyl (C=O) groups is 2. The molecule has 2 aromatic carbocycles. The zero-order chi connectivity index (χ0) is 23.4. The number of rotatable bonds is 8. The first-order chi connectivity index (χ1) is 16.0. The molecule has 10 heteroatoms. The van der Waals surface area contributed by atoms with Gasteiger partial charge in [-0.15, -0.1) is 0 Å². The van der Waals surface area contributed by atoms with E-state index in [9.17, 15) is 9.59 Å². The summed E-state index contributed by atoms with van der Waals surface area (Å²) in [7, 11) is 4.56. The monoisotopic (exact) mass is 456 g/mol. The van der Waals surface area contributed by atoms with E-state index in [1.807, 2.05) is 0 Å². The smallest absolute Gasteiger partial charge is 0.414 e. The van der Waals surface area contributed by atoms with Crippen molar-refractivity contribution in [2.45, 2.75) is 6.10 Å². The van der Waals surface area contributed by atoms with Crippen molar-refractivity contribution in [1.82, 2.24) is 5.32 Å². The summed E-state index contributed by atoms with van der Waals surface area (Å²) >= 11 is 0. The van der Waals surface area contributed by atoms with Gasteiger partial charge in [0.15, 0.2) is 23.0 Å². The van der Waals surface area contributed by atoms with E-state index in [0.717, 1.165) is 0 Å². The molecule has 10 nitrogen and oxygen atoms in total. The van der Waals surface area contributed by atoms with Crippen LogP contribution in [0.4, 0.5) is 10.5 Å². The second kappa shape index (κ2) is 9.60. The van der Waals surface area contributed by atoms with Crippen molar-refractivity contribution in [3.8, 4) is 28.7 Å². The van der Waals surface area contributed by atoms with Gasteiger partial charge in [0.25, 0.3) is 0 Å². The van der Waals surface area contributed by atoms with Crippen molar-refractivity contribution in [2.75, 3.05) is 46.1 Å². The highest BCUT2D eigenvalue weighted by molar-refractivity contribution is 5.92. The molecule has 0 radical (unpaired) electrons. The maximum absolute atomic E-state index is 12.3. The highest BCUT2D eigenvalue weighted by atomic mass is 16.7. The van der Waals surface area contributed by atoms with Crippen LogP contribution in [0.3, 0.4) is 0 Å². The normalized spacial score (nSPS) is 16.6. The number of hydrogen-bond donors (Lipinski definition) is 1. The van der Waals surface area contributed by atoms with Crippen molar-refractivity contribution in [2.24, 2.45) is 0 Å². The number of hydrogen-bond acceptors (Lipinski definition) is 8. The van der Waals surface area contributed by atoms with Crippen LogP contribution in [-0.2, 0) is 9.53 Å². The molecule has 174 valence electrons. The SMILES string of the molecule is COc1cc(/C=C/C(=O)NC[C@H]2CN(c3ccc4c(c3)OCO4)C(=O)O2)cc(OC)c1OC. The second-order valence-corrected chi connectivity index (χ2v) is 7.19. The molecule has 2 aliphatic heterocycles. The molecule has 1 N–H and O–H groups in total. The minimum atomic E-state index is -0.485. The van der Waals surface area contributed by atoms with E-state index in [-0.39, 0.29) is 19.2 Å². The molecule has 0 aromatic heterocycles. The molecule has 0 unspecified atom stereocenters. The lowest BCUT2D eigenvalue weighted by atomic mass is 10.1. The molecule has 2 aliphatic rings. The van der Waals surface area contributed by atoms with Crippen LogP contribution in [0.5, 0.6) is 28.7 Å². The fourth-order valence-corrected chi connectivity index (χ4v) is 3.53. The molecular weight excluding hydrogens is 432 g/mol. The van der Waals surface area contributed by atoms with Crippen LogP contribution >= 0.6 is 0 Å². The van der Waals surface area contributed by atoms with Crippen molar-refractivity contribution in [3.05, 3.63) is 42.0 Å². The Morgan fingerprint density at radius 3 is 2.52 bits per heavy atom. The largest absolute Gasteiger partial charge is 0.493 e. The van der Waals surface area contributed by atoms with Crippen LogP contribution in [0.25, 0.3) is 6.08 Å². The molecular formula is C23H24N2O8. The van der Waals surface area contributed by atoms with Crippen molar-refractivity contribution in [1.29, 1.82) is 0 Å². The minimum Gasteiger partial charge on any atom is -0.493 e. The zero-order valence-corrected chi connectivity index (χ0v) is 18.5. The number of carbonyl (C=O) groups excluding carboxylic acids is 2. The molecule has 2 amide bonds. The average Bonchev–Trinajstić information content (AvgIpc) is 3.46. The first-order valence-corrected chi connectivity index (χ1v) is 10.2. The zero-order valence-electron chi connectivity index (χ0n) is 18.5. The number of benzene rings is 2. The Labute approximate surface area is 190 Å². The molecule has 2 heterocycles. The molecule has 0 saturated carbocycles. The van der Waals surface area contributed by atoms with E-state index in [0.29, 0.717) is 46.5 Å². The lowest BCUT2D eigenvalue weighted by molar-refractivity contribution is -0.116. The summed E-state index contributed by atoms with van der Waals surface area (Å²) in [5.41, 5.74) is 1.33. The van der Waals surface area contributed by atoms with Crippen LogP contribution in [0, 0.1) is 0 Å². The van der Waals surface area contributed by atoms with Gasteiger partial charge < -0.3 is 33.7 Å². The van der Waals surface area contributed by atoms with Gasteiger partial charge in [0.1, 0.15) is 6.10 Å². The third-order valence-electron chi connectivity index (χ3n) is 5.16. The van der Waals surface area contributed by atoms with Crippen LogP contribution in [-0.4, -0.2) is 59.3 Å². The molecule has 0 aliphatic carbocycles. The van der Waals surface area contributed by atoms with Gasteiger partial charge in [-0.3, -0.25) is 9.69 Å². The first-order valence-electron chi connectivity index (χ1n) is 10.2. The van der Waals surface area contributed by atoms with E-state index < -0.39 is 12.2 Å². The summed E-state index contributed by atoms with van der Waals surface area (Å²) in [4.78, 5) is 26.1. The third kappa shape index (κ3) is 4.74. The maximum Gasteiger partial charge on any atom is 0.414 e. The Bertz CT molecular complexity index is 1060. The number of amides is 2. The minimum absolute atomic E-state index is 0.154. The molecule has 33 heavy (non-hydrogen) atoms. The van der Waals surface area contributed by atoms with Gasteiger partial charge in [0, 0.05) is 12.1 Å². The molecule has 0 bridgehead atoms. The highest BCUT2D eigenvalue weighted by Gasteiger charge is 2.33. The van der Waals surface area contributed by atoms with Crippen LogP contribution in [0.1, 0.15) is 5.56 Å². The highest BCUT2D eigenvalue weighted by Crippen LogP contribution is 2.38. The molecule has 0 spiro atoms. The summed E-state index contributed by atoms with van der Waals surface area (Å²) in [6, 6.07) is 8.69. The van der Waals surface area contributed by atoms with E-state index >= 15 is 0 Å². The quantitative estimate of drug-likeness (QED) is 0.605. The number of nitrogens with zero attached hydrogens (tertiary/aromatic N) is 1. The number of cyclic esters (lactones) is 1. The Morgan fingerprint density at radius 1 is 1.09 bits per heavy atom. The summed E-state index contributed by atoms with van der Waals surface area (Å²) in [6.45, 7) is 0.627. The predicted molar refractivity (Wildman–Crippen MR) is 118 cm³/mol. The maximum atomic E-state index is 12.3. The molecule has 2 aromatic rings. The number of nitrogens with one attached hydrogen (secondary N) is 1. The Morgan fingerprint density at radius 2 is 1.82 bits per heavy atom. The molecule has 1 fully saturated rings. The van der Waals surface area contributed by atoms with Crippen molar-refractivity contribution >= 4 is 23.8 Å².